The van der Waals surface area contributed by atoms with E-state index in [-0.39, 0.29) is 18.1 Å². The van der Waals surface area contributed by atoms with Crippen molar-refractivity contribution in [2.75, 3.05) is 31.1 Å². The first-order valence-corrected chi connectivity index (χ1v) is 8.33. The number of ether oxygens (including phenoxy) is 1. The van der Waals surface area contributed by atoms with Gasteiger partial charge in [-0.25, -0.2) is 4.98 Å². The van der Waals surface area contributed by atoms with Gasteiger partial charge in [-0.15, -0.1) is 0 Å². The molecule has 2 saturated heterocycles. The van der Waals surface area contributed by atoms with E-state index in [1.807, 2.05) is 42.2 Å². The van der Waals surface area contributed by atoms with Crippen molar-refractivity contribution in [3.63, 3.8) is 0 Å². The molecule has 0 spiro atoms. The molecule has 7 heteroatoms. The number of carbonyl (C=O) groups is 1. The lowest BCUT2D eigenvalue weighted by molar-refractivity contribution is -0.125. The molecule has 24 heavy (non-hydrogen) atoms. The molecule has 2 aromatic rings. The first-order chi connectivity index (χ1) is 11.7. The lowest BCUT2D eigenvalue weighted by Gasteiger charge is -2.34. The van der Waals surface area contributed by atoms with Crippen LogP contribution in [-0.2, 0) is 9.53 Å². The summed E-state index contributed by atoms with van der Waals surface area (Å²) >= 11 is 0. The van der Waals surface area contributed by atoms with Crippen LogP contribution in [-0.4, -0.2) is 58.3 Å². The number of para-hydroxylation sites is 1. The highest BCUT2D eigenvalue weighted by Crippen LogP contribution is 2.27. The second-order valence-corrected chi connectivity index (χ2v) is 6.26. The quantitative estimate of drug-likeness (QED) is 0.919. The zero-order chi connectivity index (χ0) is 16.5. The molecular weight excluding hydrogens is 306 g/mol. The van der Waals surface area contributed by atoms with E-state index in [1.165, 1.54) is 0 Å². The number of rotatable bonds is 3. The standard InChI is InChI=1S/C17H21N5O2/c1-12-18-16(20-19-12)15-11-21(9-10-24-15)14-7-8-22(17(14)23)13-5-3-2-4-6-13/h2-6,14-15H,7-11H2,1H3,(H,18,19,20)/t14-,15+/m1/s1. The van der Waals surface area contributed by atoms with Crippen molar-refractivity contribution < 1.29 is 9.53 Å². The highest BCUT2D eigenvalue weighted by Gasteiger charge is 2.39. The van der Waals surface area contributed by atoms with Gasteiger partial charge >= 0.3 is 0 Å². The van der Waals surface area contributed by atoms with Crippen LogP contribution in [0.5, 0.6) is 0 Å². The summed E-state index contributed by atoms with van der Waals surface area (Å²) in [6, 6.07) is 9.78. The van der Waals surface area contributed by atoms with Crippen molar-refractivity contribution in [1.29, 1.82) is 0 Å². The number of aromatic nitrogens is 3. The summed E-state index contributed by atoms with van der Waals surface area (Å²) in [5.74, 6) is 1.62. The molecule has 2 atom stereocenters. The third kappa shape index (κ3) is 2.81. The van der Waals surface area contributed by atoms with Gasteiger partial charge in [0.15, 0.2) is 5.82 Å². The van der Waals surface area contributed by atoms with Crippen LogP contribution in [0.3, 0.4) is 0 Å². The fraction of sp³-hybridized carbons (Fsp3) is 0.471. The number of aromatic amines is 1. The van der Waals surface area contributed by atoms with Crippen LogP contribution in [0.2, 0.25) is 0 Å². The molecule has 0 aliphatic carbocycles. The zero-order valence-electron chi connectivity index (χ0n) is 13.7. The van der Waals surface area contributed by atoms with Crippen LogP contribution in [0.4, 0.5) is 5.69 Å². The number of morpholine rings is 1. The summed E-state index contributed by atoms with van der Waals surface area (Å²) in [6.45, 7) is 4.63. The molecule has 1 aromatic heterocycles. The molecule has 0 saturated carbocycles. The van der Waals surface area contributed by atoms with Gasteiger partial charge in [0.2, 0.25) is 5.91 Å². The van der Waals surface area contributed by atoms with E-state index >= 15 is 0 Å². The molecule has 1 amide bonds. The highest BCUT2D eigenvalue weighted by atomic mass is 16.5. The van der Waals surface area contributed by atoms with E-state index in [2.05, 4.69) is 20.1 Å². The van der Waals surface area contributed by atoms with Gasteiger partial charge in [-0.1, -0.05) is 18.2 Å². The Morgan fingerprint density at radius 3 is 2.83 bits per heavy atom. The van der Waals surface area contributed by atoms with Crippen LogP contribution in [0.25, 0.3) is 0 Å². The molecular formula is C17H21N5O2. The molecule has 1 N–H and O–H groups in total. The average molecular weight is 327 g/mol. The molecule has 1 aromatic carbocycles. The minimum absolute atomic E-state index is 0.0864. The molecule has 126 valence electrons. The molecule has 3 heterocycles. The Morgan fingerprint density at radius 1 is 1.25 bits per heavy atom. The van der Waals surface area contributed by atoms with Crippen molar-refractivity contribution in [3.05, 3.63) is 42.0 Å². The third-order valence-electron chi connectivity index (χ3n) is 4.69. The van der Waals surface area contributed by atoms with Gasteiger partial charge in [-0.2, -0.15) is 5.10 Å². The maximum atomic E-state index is 12.9. The van der Waals surface area contributed by atoms with Gasteiger partial charge in [0.25, 0.3) is 0 Å². The summed E-state index contributed by atoms with van der Waals surface area (Å²) in [5, 5.41) is 7.05. The predicted octanol–water partition coefficient (Wildman–Crippen LogP) is 1.29. The van der Waals surface area contributed by atoms with E-state index in [9.17, 15) is 4.79 Å². The fourth-order valence-corrected chi connectivity index (χ4v) is 3.48. The Hall–Kier alpha value is -2.25. The Kier molecular flexibility index (Phi) is 4.03. The van der Waals surface area contributed by atoms with Crippen LogP contribution < -0.4 is 4.90 Å². The van der Waals surface area contributed by atoms with E-state index in [0.29, 0.717) is 19.0 Å². The van der Waals surface area contributed by atoms with Crippen LogP contribution in [0.15, 0.2) is 30.3 Å². The van der Waals surface area contributed by atoms with Gasteiger partial charge in [-0.3, -0.25) is 14.8 Å². The van der Waals surface area contributed by atoms with E-state index < -0.39 is 0 Å². The number of benzene rings is 1. The lowest BCUT2D eigenvalue weighted by atomic mass is 10.1. The topological polar surface area (TPSA) is 74.3 Å². The minimum Gasteiger partial charge on any atom is -0.367 e. The molecule has 0 unspecified atom stereocenters. The minimum atomic E-state index is -0.178. The third-order valence-corrected chi connectivity index (χ3v) is 4.69. The zero-order valence-corrected chi connectivity index (χ0v) is 13.7. The monoisotopic (exact) mass is 327 g/mol. The number of hydrogen-bond acceptors (Lipinski definition) is 5. The first kappa shape index (κ1) is 15.3. The van der Waals surface area contributed by atoms with Gasteiger partial charge in [0.05, 0.1) is 12.6 Å². The molecule has 2 fully saturated rings. The van der Waals surface area contributed by atoms with Crippen molar-refractivity contribution in [2.45, 2.75) is 25.5 Å². The Labute approximate surface area is 140 Å². The number of nitrogens with zero attached hydrogens (tertiary/aromatic N) is 4. The number of carbonyl (C=O) groups excluding carboxylic acids is 1. The number of hydrogen-bond donors (Lipinski definition) is 1. The number of amides is 1. The Morgan fingerprint density at radius 2 is 2.08 bits per heavy atom. The number of aryl methyl sites for hydroxylation is 1. The van der Waals surface area contributed by atoms with E-state index in [1.54, 1.807) is 0 Å². The second-order valence-electron chi connectivity index (χ2n) is 6.26. The SMILES string of the molecule is Cc1nc([C@@H]2CN([C@@H]3CCN(c4ccccc4)C3=O)CCO2)n[nH]1. The summed E-state index contributed by atoms with van der Waals surface area (Å²) in [7, 11) is 0. The van der Waals surface area contributed by atoms with Gasteiger partial charge < -0.3 is 9.64 Å². The van der Waals surface area contributed by atoms with Crippen molar-refractivity contribution in [3.8, 4) is 0 Å². The van der Waals surface area contributed by atoms with Crippen molar-refractivity contribution in [2.24, 2.45) is 0 Å². The summed E-state index contributed by atoms with van der Waals surface area (Å²) in [4.78, 5) is 21.3. The lowest BCUT2D eigenvalue weighted by Crippen LogP contribution is -2.48. The molecule has 4 rings (SSSR count). The van der Waals surface area contributed by atoms with Crippen molar-refractivity contribution in [1.82, 2.24) is 20.1 Å². The second kappa shape index (κ2) is 6.33. The summed E-state index contributed by atoms with van der Waals surface area (Å²) in [6.07, 6.45) is 0.662. The molecule has 0 bridgehead atoms. The first-order valence-electron chi connectivity index (χ1n) is 8.33. The fourth-order valence-electron chi connectivity index (χ4n) is 3.48. The average Bonchev–Trinajstić information content (AvgIpc) is 3.22. The largest absolute Gasteiger partial charge is 0.367 e. The van der Waals surface area contributed by atoms with E-state index in [0.717, 1.165) is 31.0 Å². The highest BCUT2D eigenvalue weighted by molar-refractivity contribution is 5.99. The summed E-state index contributed by atoms with van der Waals surface area (Å²) < 4.78 is 5.80. The molecule has 2 aliphatic heterocycles. The van der Waals surface area contributed by atoms with E-state index in [4.69, 9.17) is 4.74 Å². The molecule has 0 radical (unpaired) electrons. The predicted molar refractivity (Wildman–Crippen MR) is 88.6 cm³/mol. The van der Waals surface area contributed by atoms with Crippen LogP contribution >= 0.6 is 0 Å². The Bertz CT molecular complexity index is 717. The maximum absolute atomic E-state index is 12.9. The normalized spacial score (nSPS) is 25.4. The van der Waals surface area contributed by atoms with Gasteiger partial charge in [0, 0.05) is 25.3 Å². The summed E-state index contributed by atoms with van der Waals surface area (Å²) in [5.41, 5.74) is 0.972. The number of nitrogens with one attached hydrogen (secondary N) is 1. The van der Waals surface area contributed by atoms with Crippen LogP contribution in [0.1, 0.15) is 24.2 Å². The number of anilines is 1. The van der Waals surface area contributed by atoms with Crippen LogP contribution in [0, 0.1) is 6.92 Å². The van der Waals surface area contributed by atoms with Crippen molar-refractivity contribution >= 4 is 11.6 Å². The number of H-pyrrole nitrogens is 1. The smallest absolute Gasteiger partial charge is 0.244 e. The Balaban J connectivity index is 1.47. The maximum Gasteiger partial charge on any atom is 0.244 e. The molecule has 2 aliphatic rings. The van der Waals surface area contributed by atoms with Gasteiger partial charge in [0.1, 0.15) is 11.9 Å². The van der Waals surface area contributed by atoms with Gasteiger partial charge in [-0.05, 0) is 25.5 Å². The molecule has 7 nitrogen and oxygen atoms in total.